The molecule has 4 amide bonds. The molecule has 7 heteroatoms. The standard InChI is InChI=1S/C13H14ClN3O3/c1-7-2-3-8(6-9(7)14)15-11(18)5-4-10-12(19)17-13(20)16-10/h2-3,6,10H,4-5H2,1H3,(H,15,18)(H2,16,17,19,20)/t10-/m0/s1. The molecule has 0 aromatic heterocycles. The van der Waals surface area contributed by atoms with E-state index in [0.29, 0.717) is 10.7 Å². The predicted octanol–water partition coefficient (Wildman–Crippen LogP) is 1.58. The highest BCUT2D eigenvalue weighted by Crippen LogP contribution is 2.20. The Morgan fingerprint density at radius 3 is 2.75 bits per heavy atom. The van der Waals surface area contributed by atoms with E-state index >= 15 is 0 Å². The molecule has 106 valence electrons. The largest absolute Gasteiger partial charge is 0.326 e. The third-order valence-electron chi connectivity index (χ3n) is 2.97. The summed E-state index contributed by atoms with van der Waals surface area (Å²) in [4.78, 5) is 34.0. The molecule has 1 aliphatic rings. The molecule has 1 aromatic carbocycles. The van der Waals surface area contributed by atoms with Gasteiger partial charge in [-0.25, -0.2) is 4.79 Å². The Labute approximate surface area is 120 Å². The molecular weight excluding hydrogens is 282 g/mol. The number of carbonyl (C=O) groups is 3. The van der Waals surface area contributed by atoms with Crippen LogP contribution in [0.3, 0.4) is 0 Å². The molecule has 1 fully saturated rings. The summed E-state index contributed by atoms with van der Waals surface area (Å²) in [7, 11) is 0. The first-order valence-electron chi connectivity index (χ1n) is 6.13. The third kappa shape index (κ3) is 3.48. The van der Waals surface area contributed by atoms with Crippen molar-refractivity contribution in [2.24, 2.45) is 0 Å². The molecule has 0 aliphatic carbocycles. The van der Waals surface area contributed by atoms with Crippen molar-refractivity contribution in [2.45, 2.75) is 25.8 Å². The summed E-state index contributed by atoms with van der Waals surface area (Å²) in [5.41, 5.74) is 1.53. The van der Waals surface area contributed by atoms with Crippen molar-refractivity contribution in [2.75, 3.05) is 5.32 Å². The number of amides is 4. The average Bonchev–Trinajstić information content (AvgIpc) is 2.70. The summed E-state index contributed by atoms with van der Waals surface area (Å²) in [6, 6.07) is 4.06. The number of carbonyl (C=O) groups excluding carboxylic acids is 3. The van der Waals surface area contributed by atoms with E-state index in [1.807, 2.05) is 13.0 Å². The SMILES string of the molecule is Cc1ccc(NC(=O)CC[C@@H]2NC(=O)NC2=O)cc1Cl. The number of aryl methyl sites for hydroxylation is 1. The number of imide groups is 1. The van der Waals surface area contributed by atoms with Crippen molar-refractivity contribution in [3.63, 3.8) is 0 Å². The first-order chi connectivity index (χ1) is 9.45. The molecule has 3 N–H and O–H groups in total. The third-order valence-corrected chi connectivity index (χ3v) is 3.38. The maximum absolute atomic E-state index is 11.8. The zero-order valence-electron chi connectivity index (χ0n) is 10.8. The second-order valence-electron chi connectivity index (χ2n) is 4.57. The molecule has 1 atom stereocenters. The lowest BCUT2D eigenvalue weighted by atomic mass is 10.1. The minimum atomic E-state index is -0.644. The van der Waals surface area contributed by atoms with Crippen molar-refractivity contribution in [3.8, 4) is 0 Å². The van der Waals surface area contributed by atoms with Gasteiger partial charge in [0.05, 0.1) is 0 Å². The highest BCUT2D eigenvalue weighted by Gasteiger charge is 2.29. The van der Waals surface area contributed by atoms with Crippen LogP contribution >= 0.6 is 11.6 Å². The molecule has 0 unspecified atom stereocenters. The van der Waals surface area contributed by atoms with Gasteiger partial charge in [0.2, 0.25) is 5.91 Å². The molecule has 6 nitrogen and oxygen atoms in total. The summed E-state index contributed by atoms with van der Waals surface area (Å²) >= 11 is 5.96. The number of urea groups is 1. The summed E-state index contributed by atoms with van der Waals surface area (Å²) in [5.74, 6) is -0.639. The van der Waals surface area contributed by atoms with Gasteiger partial charge in [0.15, 0.2) is 0 Å². The smallest absolute Gasteiger partial charge is 0.322 e. The Morgan fingerprint density at radius 2 is 2.15 bits per heavy atom. The van der Waals surface area contributed by atoms with Crippen LogP contribution in [0.15, 0.2) is 18.2 Å². The van der Waals surface area contributed by atoms with E-state index in [1.54, 1.807) is 12.1 Å². The molecule has 1 aliphatic heterocycles. The van der Waals surface area contributed by atoms with E-state index in [-0.39, 0.29) is 18.7 Å². The summed E-state index contributed by atoms with van der Waals surface area (Å²) in [6.07, 6.45) is 0.382. The monoisotopic (exact) mass is 295 g/mol. The van der Waals surface area contributed by atoms with Gasteiger partial charge in [0.1, 0.15) is 6.04 Å². The molecule has 0 spiro atoms. The normalized spacial score (nSPS) is 17.6. The van der Waals surface area contributed by atoms with Crippen LogP contribution in [0.4, 0.5) is 10.5 Å². The maximum atomic E-state index is 11.8. The molecule has 1 aromatic rings. The van der Waals surface area contributed by atoms with Gasteiger partial charge >= 0.3 is 6.03 Å². The van der Waals surface area contributed by atoms with Crippen LogP contribution in [-0.2, 0) is 9.59 Å². The molecule has 2 rings (SSSR count). The lowest BCUT2D eigenvalue weighted by Crippen LogP contribution is -2.30. The summed E-state index contributed by atoms with van der Waals surface area (Å²) in [6.45, 7) is 1.87. The Morgan fingerprint density at radius 1 is 1.40 bits per heavy atom. The van der Waals surface area contributed by atoms with Gasteiger partial charge in [0.25, 0.3) is 5.91 Å². The Bertz CT molecular complexity index is 574. The van der Waals surface area contributed by atoms with Crippen molar-refractivity contribution in [1.29, 1.82) is 0 Å². The molecule has 0 radical (unpaired) electrons. The fourth-order valence-corrected chi connectivity index (χ4v) is 2.01. The van der Waals surface area contributed by atoms with Crippen LogP contribution in [0.2, 0.25) is 5.02 Å². The van der Waals surface area contributed by atoms with Crippen molar-refractivity contribution in [3.05, 3.63) is 28.8 Å². The van der Waals surface area contributed by atoms with E-state index < -0.39 is 18.0 Å². The predicted molar refractivity (Wildman–Crippen MR) is 74.5 cm³/mol. The van der Waals surface area contributed by atoms with Crippen LogP contribution in [0.1, 0.15) is 18.4 Å². The minimum absolute atomic E-state index is 0.129. The Hall–Kier alpha value is -2.08. The zero-order chi connectivity index (χ0) is 14.7. The van der Waals surface area contributed by atoms with Crippen LogP contribution in [-0.4, -0.2) is 23.9 Å². The van der Waals surface area contributed by atoms with Crippen LogP contribution < -0.4 is 16.0 Å². The average molecular weight is 296 g/mol. The van der Waals surface area contributed by atoms with Gasteiger partial charge in [0, 0.05) is 17.1 Å². The van der Waals surface area contributed by atoms with E-state index in [2.05, 4.69) is 16.0 Å². The second-order valence-corrected chi connectivity index (χ2v) is 4.97. The molecule has 1 heterocycles. The first-order valence-corrected chi connectivity index (χ1v) is 6.51. The Balaban J connectivity index is 1.85. The van der Waals surface area contributed by atoms with Crippen LogP contribution in [0, 0.1) is 6.92 Å². The Kier molecular flexibility index (Phi) is 4.24. The highest BCUT2D eigenvalue weighted by molar-refractivity contribution is 6.31. The number of halogens is 1. The quantitative estimate of drug-likeness (QED) is 0.737. The maximum Gasteiger partial charge on any atom is 0.322 e. The molecule has 0 bridgehead atoms. The number of hydrogen-bond donors (Lipinski definition) is 3. The molecule has 20 heavy (non-hydrogen) atoms. The van der Waals surface area contributed by atoms with Crippen LogP contribution in [0.25, 0.3) is 0 Å². The lowest BCUT2D eigenvalue weighted by molar-refractivity contribution is -0.120. The number of rotatable bonds is 4. The van der Waals surface area contributed by atoms with E-state index in [1.165, 1.54) is 0 Å². The zero-order valence-corrected chi connectivity index (χ0v) is 11.6. The molecule has 1 saturated heterocycles. The summed E-state index contributed by atoms with van der Waals surface area (Å²) in [5, 5.41) is 7.82. The number of anilines is 1. The van der Waals surface area contributed by atoms with Crippen molar-refractivity contribution < 1.29 is 14.4 Å². The van der Waals surface area contributed by atoms with Gasteiger partial charge in [-0.05, 0) is 31.0 Å². The molecule has 0 saturated carbocycles. The highest BCUT2D eigenvalue weighted by atomic mass is 35.5. The lowest BCUT2D eigenvalue weighted by Gasteiger charge is -2.09. The summed E-state index contributed by atoms with van der Waals surface area (Å²) < 4.78 is 0. The van der Waals surface area contributed by atoms with Gasteiger partial charge in [-0.15, -0.1) is 0 Å². The topological polar surface area (TPSA) is 87.3 Å². The van der Waals surface area contributed by atoms with Gasteiger partial charge in [-0.2, -0.15) is 0 Å². The van der Waals surface area contributed by atoms with Crippen molar-refractivity contribution >= 4 is 35.1 Å². The molecular formula is C13H14ClN3O3. The van der Waals surface area contributed by atoms with Crippen molar-refractivity contribution in [1.82, 2.24) is 10.6 Å². The fourth-order valence-electron chi connectivity index (χ4n) is 1.83. The second kappa shape index (κ2) is 5.92. The van der Waals surface area contributed by atoms with Crippen LogP contribution in [0.5, 0.6) is 0 Å². The van der Waals surface area contributed by atoms with Gasteiger partial charge < -0.3 is 10.6 Å². The fraction of sp³-hybridized carbons (Fsp3) is 0.308. The van der Waals surface area contributed by atoms with E-state index in [4.69, 9.17) is 11.6 Å². The number of nitrogens with one attached hydrogen (secondary N) is 3. The van der Waals surface area contributed by atoms with Gasteiger partial charge in [-0.1, -0.05) is 17.7 Å². The minimum Gasteiger partial charge on any atom is -0.326 e. The number of benzene rings is 1. The van der Waals surface area contributed by atoms with E-state index in [9.17, 15) is 14.4 Å². The van der Waals surface area contributed by atoms with Gasteiger partial charge in [-0.3, -0.25) is 14.9 Å². The number of hydrogen-bond acceptors (Lipinski definition) is 3. The first kappa shape index (κ1) is 14.3. The van der Waals surface area contributed by atoms with E-state index in [0.717, 1.165) is 5.56 Å².